The zero-order valence-electron chi connectivity index (χ0n) is 14.1. The summed E-state index contributed by atoms with van der Waals surface area (Å²) < 4.78 is 1.82. The van der Waals surface area contributed by atoms with Crippen LogP contribution >= 0.6 is 12.4 Å². The highest BCUT2D eigenvalue weighted by molar-refractivity contribution is 5.96. The topological polar surface area (TPSA) is 58.9 Å². The molecule has 0 aliphatic rings. The van der Waals surface area contributed by atoms with Crippen molar-refractivity contribution in [3.63, 3.8) is 0 Å². The van der Waals surface area contributed by atoms with Gasteiger partial charge in [0.1, 0.15) is 0 Å². The summed E-state index contributed by atoms with van der Waals surface area (Å²) in [7, 11) is 0. The molecule has 0 saturated carbocycles. The van der Waals surface area contributed by atoms with Gasteiger partial charge in [0.05, 0.1) is 22.6 Å². The number of amides is 1. The van der Waals surface area contributed by atoms with E-state index >= 15 is 0 Å². The molecule has 23 heavy (non-hydrogen) atoms. The van der Waals surface area contributed by atoms with Crippen LogP contribution in [0.25, 0.3) is 5.69 Å². The van der Waals surface area contributed by atoms with Gasteiger partial charge >= 0.3 is 0 Å². The van der Waals surface area contributed by atoms with Gasteiger partial charge in [0, 0.05) is 12.6 Å². The number of hydrogen-bond acceptors (Lipinski definition) is 3. The molecule has 0 bridgehead atoms. The Balaban J connectivity index is 0.00000264. The quantitative estimate of drug-likeness (QED) is 0.852. The SMILES string of the molecule is CCN[C@H](C)CNC(=O)c1c(C)nn(-c2ccccc2)c1C.Cl. The molecule has 1 amide bonds. The lowest BCUT2D eigenvalue weighted by molar-refractivity contribution is 0.0949. The van der Waals surface area contributed by atoms with E-state index in [1.807, 2.05) is 48.9 Å². The minimum Gasteiger partial charge on any atom is -0.350 e. The zero-order valence-corrected chi connectivity index (χ0v) is 14.9. The molecule has 6 heteroatoms. The molecule has 0 radical (unpaired) electrons. The summed E-state index contributed by atoms with van der Waals surface area (Å²) in [5.74, 6) is -0.0677. The molecule has 5 nitrogen and oxygen atoms in total. The second-order valence-electron chi connectivity index (χ2n) is 5.46. The molecule has 0 saturated heterocycles. The molecule has 1 aromatic carbocycles. The third kappa shape index (κ3) is 4.56. The second kappa shape index (κ2) is 8.70. The van der Waals surface area contributed by atoms with E-state index in [4.69, 9.17) is 0 Å². The molecular weight excluding hydrogens is 312 g/mol. The third-order valence-corrected chi connectivity index (χ3v) is 3.64. The first-order valence-corrected chi connectivity index (χ1v) is 7.67. The molecule has 2 rings (SSSR count). The summed E-state index contributed by atoms with van der Waals surface area (Å²) in [4.78, 5) is 12.4. The van der Waals surface area contributed by atoms with E-state index in [0.29, 0.717) is 12.1 Å². The summed E-state index contributed by atoms with van der Waals surface area (Å²) in [5.41, 5.74) is 3.22. The number of para-hydroxylation sites is 1. The molecule has 1 atom stereocenters. The predicted octanol–water partition coefficient (Wildman–Crippen LogP) is 2.64. The van der Waals surface area contributed by atoms with Crippen LogP contribution in [-0.4, -0.2) is 34.8 Å². The van der Waals surface area contributed by atoms with Crippen molar-refractivity contribution in [3.05, 3.63) is 47.3 Å². The van der Waals surface area contributed by atoms with E-state index in [-0.39, 0.29) is 24.4 Å². The Labute approximate surface area is 143 Å². The standard InChI is InChI=1S/C17H24N4O.ClH/c1-5-18-12(2)11-19-17(22)16-13(3)20-21(14(16)4)15-9-7-6-8-10-15;/h6-10,12,18H,5,11H2,1-4H3,(H,19,22);1H/t12-;/m1./s1. The Morgan fingerprint density at radius 2 is 1.91 bits per heavy atom. The average Bonchev–Trinajstić information content (AvgIpc) is 2.81. The van der Waals surface area contributed by atoms with Gasteiger partial charge in [0.2, 0.25) is 0 Å². The number of nitrogens with one attached hydrogen (secondary N) is 2. The highest BCUT2D eigenvalue weighted by atomic mass is 35.5. The Hall–Kier alpha value is -1.85. The molecule has 0 aliphatic carbocycles. The Kier molecular flexibility index (Phi) is 7.26. The number of carbonyl (C=O) groups is 1. The number of carbonyl (C=O) groups excluding carboxylic acids is 1. The van der Waals surface area contributed by atoms with Crippen molar-refractivity contribution in [1.29, 1.82) is 0 Å². The van der Waals surface area contributed by atoms with E-state index in [1.165, 1.54) is 0 Å². The minimum atomic E-state index is -0.0677. The molecule has 1 aromatic heterocycles. The van der Waals surface area contributed by atoms with Crippen LogP contribution in [0.1, 0.15) is 35.6 Å². The molecule has 0 unspecified atom stereocenters. The first-order valence-electron chi connectivity index (χ1n) is 7.67. The maximum atomic E-state index is 12.4. The Bertz CT molecular complexity index is 640. The molecular formula is C17H25ClN4O. The van der Waals surface area contributed by atoms with Gasteiger partial charge in [-0.05, 0) is 39.4 Å². The van der Waals surface area contributed by atoms with Crippen LogP contribution in [0, 0.1) is 13.8 Å². The number of benzene rings is 1. The fourth-order valence-electron chi connectivity index (χ4n) is 2.55. The van der Waals surface area contributed by atoms with Crippen molar-refractivity contribution >= 4 is 18.3 Å². The van der Waals surface area contributed by atoms with Crippen LogP contribution in [0.3, 0.4) is 0 Å². The lowest BCUT2D eigenvalue weighted by atomic mass is 10.1. The maximum absolute atomic E-state index is 12.4. The van der Waals surface area contributed by atoms with E-state index in [0.717, 1.165) is 23.6 Å². The van der Waals surface area contributed by atoms with Crippen molar-refractivity contribution in [2.75, 3.05) is 13.1 Å². The number of aryl methyl sites for hydroxylation is 1. The summed E-state index contributed by atoms with van der Waals surface area (Å²) in [5, 5.41) is 10.8. The molecule has 2 aromatic rings. The summed E-state index contributed by atoms with van der Waals surface area (Å²) in [6.07, 6.45) is 0. The Morgan fingerprint density at radius 1 is 1.26 bits per heavy atom. The highest BCUT2D eigenvalue weighted by Crippen LogP contribution is 2.17. The van der Waals surface area contributed by atoms with Crippen molar-refractivity contribution in [1.82, 2.24) is 20.4 Å². The van der Waals surface area contributed by atoms with Gasteiger partial charge in [0.25, 0.3) is 5.91 Å². The van der Waals surface area contributed by atoms with Gasteiger partial charge in [-0.25, -0.2) is 4.68 Å². The predicted molar refractivity (Wildman–Crippen MR) is 95.8 cm³/mol. The number of aromatic nitrogens is 2. The number of halogens is 1. The second-order valence-corrected chi connectivity index (χ2v) is 5.46. The van der Waals surface area contributed by atoms with Gasteiger partial charge in [-0.1, -0.05) is 25.1 Å². The van der Waals surface area contributed by atoms with Crippen molar-refractivity contribution in [3.8, 4) is 5.69 Å². The monoisotopic (exact) mass is 336 g/mol. The molecule has 1 heterocycles. The molecule has 2 N–H and O–H groups in total. The largest absolute Gasteiger partial charge is 0.350 e. The van der Waals surface area contributed by atoms with Gasteiger partial charge in [-0.3, -0.25) is 4.79 Å². The van der Waals surface area contributed by atoms with E-state index < -0.39 is 0 Å². The first-order chi connectivity index (χ1) is 10.5. The van der Waals surface area contributed by atoms with Gasteiger partial charge in [-0.15, -0.1) is 12.4 Å². The van der Waals surface area contributed by atoms with Gasteiger partial charge in [0.15, 0.2) is 0 Å². The van der Waals surface area contributed by atoms with E-state index in [1.54, 1.807) is 0 Å². The fraction of sp³-hybridized carbons (Fsp3) is 0.412. The van der Waals surface area contributed by atoms with E-state index in [9.17, 15) is 4.79 Å². The van der Waals surface area contributed by atoms with Crippen LogP contribution in [0.15, 0.2) is 30.3 Å². The number of hydrogen-bond donors (Lipinski definition) is 2. The lowest BCUT2D eigenvalue weighted by Gasteiger charge is -2.13. The Morgan fingerprint density at radius 3 is 2.52 bits per heavy atom. The van der Waals surface area contributed by atoms with Crippen molar-refractivity contribution < 1.29 is 4.79 Å². The summed E-state index contributed by atoms with van der Waals surface area (Å²) >= 11 is 0. The highest BCUT2D eigenvalue weighted by Gasteiger charge is 2.19. The van der Waals surface area contributed by atoms with E-state index in [2.05, 4.69) is 29.6 Å². The number of likely N-dealkylation sites (N-methyl/N-ethyl adjacent to an activating group) is 1. The first kappa shape index (κ1) is 19.2. The smallest absolute Gasteiger partial charge is 0.255 e. The zero-order chi connectivity index (χ0) is 16.1. The normalized spacial score (nSPS) is 11.7. The summed E-state index contributed by atoms with van der Waals surface area (Å²) in [6, 6.07) is 10.1. The van der Waals surface area contributed by atoms with Crippen LogP contribution in [0.5, 0.6) is 0 Å². The van der Waals surface area contributed by atoms with Crippen LogP contribution in [-0.2, 0) is 0 Å². The summed E-state index contributed by atoms with van der Waals surface area (Å²) in [6.45, 7) is 9.39. The number of rotatable bonds is 6. The van der Waals surface area contributed by atoms with Crippen LogP contribution in [0.2, 0.25) is 0 Å². The minimum absolute atomic E-state index is 0. The molecule has 126 valence electrons. The molecule has 0 spiro atoms. The molecule has 0 aliphatic heterocycles. The molecule has 0 fully saturated rings. The van der Waals surface area contributed by atoms with Crippen LogP contribution < -0.4 is 10.6 Å². The van der Waals surface area contributed by atoms with Crippen molar-refractivity contribution in [2.45, 2.75) is 33.7 Å². The fourth-order valence-corrected chi connectivity index (χ4v) is 2.55. The van der Waals surface area contributed by atoms with Gasteiger partial charge < -0.3 is 10.6 Å². The van der Waals surface area contributed by atoms with Gasteiger partial charge in [-0.2, -0.15) is 5.10 Å². The van der Waals surface area contributed by atoms with Crippen molar-refractivity contribution in [2.24, 2.45) is 0 Å². The maximum Gasteiger partial charge on any atom is 0.255 e. The third-order valence-electron chi connectivity index (χ3n) is 3.64. The number of nitrogens with zero attached hydrogens (tertiary/aromatic N) is 2. The van der Waals surface area contributed by atoms with Crippen LogP contribution in [0.4, 0.5) is 0 Å². The lowest BCUT2D eigenvalue weighted by Crippen LogP contribution is -2.39. The average molecular weight is 337 g/mol.